The average molecular weight is 378 g/mol. The molecule has 1 atom stereocenters. The lowest BCUT2D eigenvalue weighted by atomic mass is 9.70. The van der Waals surface area contributed by atoms with E-state index >= 15 is 0 Å². The molecule has 3 rings (SSSR count). The average Bonchev–Trinajstić information content (AvgIpc) is 2.44. The van der Waals surface area contributed by atoms with E-state index in [-0.39, 0.29) is 23.0 Å². The van der Waals surface area contributed by atoms with Gasteiger partial charge in [0.2, 0.25) is 5.91 Å². The first-order chi connectivity index (χ1) is 10.8. The van der Waals surface area contributed by atoms with E-state index in [0.717, 1.165) is 33.5 Å². The Kier molecular flexibility index (Phi) is 4.08. The van der Waals surface area contributed by atoms with E-state index in [2.05, 4.69) is 35.1 Å². The fourth-order valence-corrected chi connectivity index (χ4v) is 4.10. The van der Waals surface area contributed by atoms with E-state index < -0.39 is 0 Å². The fourth-order valence-electron chi connectivity index (χ4n) is 3.54. The molecule has 0 radical (unpaired) electrons. The van der Waals surface area contributed by atoms with Crippen LogP contribution in [0.4, 0.5) is 0 Å². The standard InChI is InChI=1S/C18H20BrNO3/c1-18(2)8-13-17(14(21)9-18)11(7-16(22)20-13)10-4-5-15(23-3)12(19)6-10/h4-6,11H,7-9H2,1-3H3,(H,20,22)/t11-/m0/s1. The number of hydrogen-bond donors (Lipinski definition) is 1. The van der Waals surface area contributed by atoms with Crippen LogP contribution in [0.5, 0.6) is 5.75 Å². The monoisotopic (exact) mass is 377 g/mol. The predicted molar refractivity (Wildman–Crippen MR) is 91.2 cm³/mol. The number of ether oxygens (including phenoxy) is 1. The van der Waals surface area contributed by atoms with Crippen molar-refractivity contribution in [3.05, 3.63) is 39.5 Å². The second kappa shape index (κ2) is 5.78. The Morgan fingerprint density at radius 1 is 1.26 bits per heavy atom. The van der Waals surface area contributed by atoms with Crippen LogP contribution < -0.4 is 10.1 Å². The van der Waals surface area contributed by atoms with Gasteiger partial charge in [-0.2, -0.15) is 0 Å². The van der Waals surface area contributed by atoms with Crippen molar-refractivity contribution in [1.29, 1.82) is 0 Å². The highest BCUT2D eigenvalue weighted by atomic mass is 79.9. The van der Waals surface area contributed by atoms with Crippen molar-refractivity contribution in [2.45, 2.75) is 39.0 Å². The van der Waals surface area contributed by atoms with E-state index in [4.69, 9.17) is 4.74 Å². The number of benzene rings is 1. The van der Waals surface area contributed by atoms with Gasteiger partial charge in [-0.25, -0.2) is 0 Å². The molecule has 1 aliphatic carbocycles. The first-order valence-electron chi connectivity index (χ1n) is 7.70. The highest BCUT2D eigenvalue weighted by molar-refractivity contribution is 9.10. The van der Waals surface area contributed by atoms with Crippen LogP contribution in [0.25, 0.3) is 0 Å². The first kappa shape index (κ1) is 16.2. The summed E-state index contributed by atoms with van der Waals surface area (Å²) in [5, 5.41) is 2.92. The van der Waals surface area contributed by atoms with E-state index in [1.54, 1.807) is 7.11 Å². The number of carbonyl (C=O) groups is 2. The molecule has 1 amide bonds. The summed E-state index contributed by atoms with van der Waals surface area (Å²) in [6.07, 6.45) is 1.56. The number of halogens is 1. The van der Waals surface area contributed by atoms with Gasteiger partial charge in [-0.1, -0.05) is 19.9 Å². The highest BCUT2D eigenvalue weighted by Crippen LogP contribution is 2.44. The highest BCUT2D eigenvalue weighted by Gasteiger charge is 2.40. The van der Waals surface area contributed by atoms with Gasteiger partial charge in [0, 0.05) is 30.0 Å². The van der Waals surface area contributed by atoms with Crippen molar-refractivity contribution in [3.8, 4) is 5.75 Å². The molecule has 1 aromatic carbocycles. The normalized spacial score (nSPS) is 23.4. The van der Waals surface area contributed by atoms with Crippen LogP contribution in [0, 0.1) is 5.41 Å². The van der Waals surface area contributed by atoms with Gasteiger partial charge in [0.05, 0.1) is 11.6 Å². The van der Waals surface area contributed by atoms with Gasteiger partial charge in [-0.05, 0) is 45.5 Å². The third-order valence-electron chi connectivity index (χ3n) is 4.53. The van der Waals surface area contributed by atoms with Gasteiger partial charge in [-0.15, -0.1) is 0 Å². The smallest absolute Gasteiger partial charge is 0.225 e. The van der Waals surface area contributed by atoms with Gasteiger partial charge in [0.15, 0.2) is 5.78 Å². The van der Waals surface area contributed by atoms with E-state index in [1.807, 2.05) is 18.2 Å². The van der Waals surface area contributed by atoms with Gasteiger partial charge < -0.3 is 10.1 Å². The third kappa shape index (κ3) is 3.07. The van der Waals surface area contributed by atoms with Crippen LogP contribution in [0.1, 0.15) is 44.6 Å². The Bertz CT molecular complexity index is 721. The molecule has 1 aromatic rings. The fraction of sp³-hybridized carbons (Fsp3) is 0.444. The quantitative estimate of drug-likeness (QED) is 0.854. The molecule has 4 nitrogen and oxygen atoms in total. The van der Waals surface area contributed by atoms with Crippen LogP contribution >= 0.6 is 15.9 Å². The topological polar surface area (TPSA) is 55.4 Å². The van der Waals surface area contributed by atoms with Crippen molar-refractivity contribution in [1.82, 2.24) is 5.32 Å². The molecule has 122 valence electrons. The molecule has 2 aliphatic rings. The van der Waals surface area contributed by atoms with Crippen LogP contribution in [0.3, 0.4) is 0 Å². The summed E-state index contributed by atoms with van der Waals surface area (Å²) in [5.74, 6) is 0.684. The minimum absolute atomic E-state index is 0.0220. The van der Waals surface area contributed by atoms with Gasteiger partial charge in [0.25, 0.3) is 0 Å². The molecule has 0 saturated carbocycles. The molecule has 0 bridgehead atoms. The lowest BCUT2D eigenvalue weighted by Crippen LogP contribution is -2.40. The van der Waals surface area contributed by atoms with Crippen LogP contribution in [-0.2, 0) is 9.59 Å². The number of ketones is 1. The van der Waals surface area contributed by atoms with Crippen molar-refractivity contribution in [3.63, 3.8) is 0 Å². The maximum absolute atomic E-state index is 12.7. The number of rotatable bonds is 2. The van der Waals surface area contributed by atoms with Crippen LogP contribution in [0.2, 0.25) is 0 Å². The Balaban J connectivity index is 2.06. The summed E-state index contributed by atoms with van der Waals surface area (Å²) < 4.78 is 6.09. The summed E-state index contributed by atoms with van der Waals surface area (Å²) in [4.78, 5) is 24.8. The van der Waals surface area contributed by atoms with Crippen molar-refractivity contribution in [2.75, 3.05) is 7.11 Å². The molecular formula is C18H20BrNO3. The maximum Gasteiger partial charge on any atom is 0.225 e. The minimum Gasteiger partial charge on any atom is -0.496 e. The summed E-state index contributed by atoms with van der Waals surface area (Å²) in [6, 6.07) is 5.74. The third-order valence-corrected chi connectivity index (χ3v) is 5.15. The molecule has 0 fully saturated rings. The number of Topliss-reactive ketones (excluding diaryl/α,β-unsaturated/α-hetero) is 1. The Morgan fingerprint density at radius 2 is 2.00 bits per heavy atom. The molecule has 5 heteroatoms. The zero-order valence-electron chi connectivity index (χ0n) is 13.5. The number of allylic oxidation sites excluding steroid dienone is 2. The van der Waals surface area contributed by atoms with Gasteiger partial charge >= 0.3 is 0 Å². The summed E-state index contributed by atoms with van der Waals surface area (Å²) in [6.45, 7) is 4.13. The zero-order valence-corrected chi connectivity index (χ0v) is 15.1. The molecule has 0 unspecified atom stereocenters. The van der Waals surface area contributed by atoms with Gasteiger partial charge in [-0.3, -0.25) is 9.59 Å². The largest absolute Gasteiger partial charge is 0.496 e. The van der Waals surface area contributed by atoms with E-state index in [0.29, 0.717) is 12.8 Å². The summed E-state index contributed by atoms with van der Waals surface area (Å²) in [5.41, 5.74) is 2.44. The second-order valence-corrected chi connectivity index (χ2v) is 7.89. The number of methoxy groups -OCH3 is 1. The van der Waals surface area contributed by atoms with Crippen molar-refractivity contribution < 1.29 is 14.3 Å². The number of hydrogen-bond acceptors (Lipinski definition) is 3. The second-order valence-electron chi connectivity index (χ2n) is 7.03. The molecule has 23 heavy (non-hydrogen) atoms. The van der Waals surface area contributed by atoms with E-state index in [1.165, 1.54) is 0 Å². The molecule has 1 N–H and O–H groups in total. The molecule has 1 heterocycles. The number of nitrogens with one attached hydrogen (secondary N) is 1. The van der Waals surface area contributed by atoms with Crippen molar-refractivity contribution in [2.24, 2.45) is 5.41 Å². The maximum atomic E-state index is 12.7. The SMILES string of the molecule is COc1ccc([C@@H]2CC(=O)NC3=C2C(=O)CC(C)(C)C3)cc1Br. The van der Waals surface area contributed by atoms with E-state index in [9.17, 15) is 9.59 Å². The Hall–Kier alpha value is -1.62. The van der Waals surface area contributed by atoms with Crippen molar-refractivity contribution >= 4 is 27.6 Å². The number of amides is 1. The van der Waals surface area contributed by atoms with Crippen LogP contribution in [0.15, 0.2) is 33.9 Å². The first-order valence-corrected chi connectivity index (χ1v) is 8.49. The molecule has 0 spiro atoms. The minimum atomic E-state index is -0.176. The molecule has 0 aromatic heterocycles. The zero-order chi connectivity index (χ0) is 16.8. The lowest BCUT2D eigenvalue weighted by molar-refractivity contribution is -0.122. The predicted octanol–water partition coefficient (Wildman–Crippen LogP) is 3.70. The summed E-state index contributed by atoms with van der Waals surface area (Å²) >= 11 is 3.48. The molecule has 0 saturated heterocycles. The number of carbonyl (C=O) groups excluding carboxylic acids is 2. The Morgan fingerprint density at radius 3 is 2.65 bits per heavy atom. The van der Waals surface area contributed by atoms with Crippen LogP contribution in [-0.4, -0.2) is 18.8 Å². The Labute approximate surface area is 144 Å². The molecular weight excluding hydrogens is 358 g/mol. The molecule has 1 aliphatic heterocycles. The lowest BCUT2D eigenvalue weighted by Gasteiger charge is -2.37. The van der Waals surface area contributed by atoms with Gasteiger partial charge in [0.1, 0.15) is 5.75 Å². The summed E-state index contributed by atoms with van der Waals surface area (Å²) in [7, 11) is 1.61.